The van der Waals surface area contributed by atoms with E-state index < -0.39 is 33.8 Å². The van der Waals surface area contributed by atoms with Crippen LogP contribution in [-0.4, -0.2) is 43.8 Å². The Labute approximate surface area is 181 Å². The second-order valence-electron chi connectivity index (χ2n) is 7.63. The average molecular weight is 449 g/mol. The third-order valence-corrected chi connectivity index (χ3v) is 7.17. The van der Waals surface area contributed by atoms with Gasteiger partial charge >= 0.3 is 5.97 Å². The number of hydrogen-bond acceptors (Lipinski definition) is 5. The molecule has 0 bridgehead atoms. The minimum Gasteiger partial charge on any atom is -0.449 e. The first-order valence-electron chi connectivity index (χ1n) is 10.0. The van der Waals surface area contributed by atoms with E-state index >= 15 is 0 Å². The Morgan fingerprint density at radius 3 is 2.32 bits per heavy atom. The highest BCUT2D eigenvalue weighted by Gasteiger charge is 2.28. The molecule has 1 fully saturated rings. The van der Waals surface area contributed by atoms with Gasteiger partial charge in [0.15, 0.2) is 6.10 Å². The van der Waals surface area contributed by atoms with Crippen molar-refractivity contribution in [1.29, 1.82) is 0 Å². The number of nitrogens with zero attached hydrogens (tertiary/aromatic N) is 1. The fourth-order valence-corrected chi connectivity index (χ4v) is 4.69. The number of amides is 1. The van der Waals surface area contributed by atoms with Crippen molar-refractivity contribution in [1.82, 2.24) is 4.31 Å². The highest BCUT2D eigenvalue weighted by molar-refractivity contribution is 7.89. The van der Waals surface area contributed by atoms with Crippen LogP contribution in [0.3, 0.4) is 0 Å². The van der Waals surface area contributed by atoms with Gasteiger partial charge in [-0.25, -0.2) is 17.6 Å². The number of piperidine rings is 1. The van der Waals surface area contributed by atoms with Crippen LogP contribution in [0.25, 0.3) is 0 Å². The molecule has 0 aromatic heterocycles. The van der Waals surface area contributed by atoms with Gasteiger partial charge in [0.2, 0.25) is 10.0 Å². The van der Waals surface area contributed by atoms with Gasteiger partial charge in [-0.2, -0.15) is 4.31 Å². The van der Waals surface area contributed by atoms with Crippen LogP contribution in [0.1, 0.15) is 37.0 Å². The van der Waals surface area contributed by atoms with Crippen molar-refractivity contribution < 1.29 is 27.1 Å². The molecule has 1 aliphatic heterocycles. The number of hydrogen-bond donors (Lipinski definition) is 1. The van der Waals surface area contributed by atoms with Gasteiger partial charge in [0.25, 0.3) is 5.91 Å². The van der Waals surface area contributed by atoms with Crippen molar-refractivity contribution in [3.8, 4) is 0 Å². The number of rotatable bonds is 6. The van der Waals surface area contributed by atoms with Gasteiger partial charge in [0.05, 0.1) is 16.1 Å². The highest BCUT2D eigenvalue weighted by atomic mass is 32.2. The van der Waals surface area contributed by atoms with Gasteiger partial charge in [0.1, 0.15) is 5.82 Å². The number of sulfonamides is 1. The molecule has 1 aliphatic rings. The first-order chi connectivity index (χ1) is 14.7. The van der Waals surface area contributed by atoms with E-state index in [0.29, 0.717) is 19.0 Å². The fraction of sp³-hybridized carbons (Fsp3) is 0.364. The molecule has 0 spiro atoms. The van der Waals surface area contributed by atoms with Crippen LogP contribution in [0.2, 0.25) is 0 Å². The third kappa shape index (κ3) is 5.48. The van der Waals surface area contributed by atoms with Crippen LogP contribution < -0.4 is 5.32 Å². The van der Waals surface area contributed by atoms with Crippen molar-refractivity contribution in [3.63, 3.8) is 0 Å². The molecule has 166 valence electrons. The summed E-state index contributed by atoms with van der Waals surface area (Å²) in [6.07, 6.45) is 0.457. The SMILES string of the molecule is CC1CCN(S(=O)(=O)c2ccc(C(=O)OC(C)C(=O)Nc3ccccc3F)cc2)CC1. The second kappa shape index (κ2) is 9.57. The number of ether oxygens (including phenoxy) is 1. The van der Waals surface area contributed by atoms with E-state index in [1.165, 1.54) is 53.7 Å². The largest absolute Gasteiger partial charge is 0.449 e. The van der Waals surface area contributed by atoms with Gasteiger partial charge in [0, 0.05) is 13.1 Å². The molecule has 1 atom stereocenters. The summed E-state index contributed by atoms with van der Waals surface area (Å²) in [7, 11) is -3.62. The Morgan fingerprint density at radius 2 is 1.71 bits per heavy atom. The van der Waals surface area contributed by atoms with E-state index in [-0.39, 0.29) is 16.1 Å². The van der Waals surface area contributed by atoms with E-state index in [1.54, 1.807) is 6.07 Å². The molecule has 1 unspecified atom stereocenters. The molecular formula is C22H25FN2O5S. The van der Waals surface area contributed by atoms with Crippen molar-refractivity contribution in [2.45, 2.75) is 37.7 Å². The molecule has 1 N–H and O–H groups in total. The summed E-state index contributed by atoms with van der Waals surface area (Å²) in [5.74, 6) is -1.57. The Morgan fingerprint density at radius 1 is 1.10 bits per heavy atom. The van der Waals surface area contributed by atoms with Crippen molar-refractivity contribution >= 4 is 27.6 Å². The van der Waals surface area contributed by atoms with Crippen molar-refractivity contribution in [2.75, 3.05) is 18.4 Å². The molecule has 0 radical (unpaired) electrons. The highest BCUT2D eigenvalue weighted by Crippen LogP contribution is 2.24. The van der Waals surface area contributed by atoms with Gasteiger partial charge in [-0.15, -0.1) is 0 Å². The fourth-order valence-electron chi connectivity index (χ4n) is 3.22. The van der Waals surface area contributed by atoms with E-state index in [4.69, 9.17) is 4.74 Å². The van der Waals surface area contributed by atoms with Gasteiger partial charge in [-0.3, -0.25) is 4.79 Å². The van der Waals surface area contributed by atoms with Crippen LogP contribution in [0.5, 0.6) is 0 Å². The molecule has 7 nitrogen and oxygen atoms in total. The minimum atomic E-state index is -3.62. The maximum absolute atomic E-state index is 13.7. The first kappa shape index (κ1) is 22.9. The zero-order chi connectivity index (χ0) is 22.6. The maximum Gasteiger partial charge on any atom is 0.338 e. The Hall–Kier alpha value is -2.78. The lowest BCUT2D eigenvalue weighted by Gasteiger charge is -2.29. The normalized spacial score (nSPS) is 16.5. The van der Waals surface area contributed by atoms with Gasteiger partial charge in [-0.1, -0.05) is 19.1 Å². The number of carbonyl (C=O) groups is 2. The zero-order valence-corrected chi connectivity index (χ0v) is 18.2. The lowest BCUT2D eigenvalue weighted by molar-refractivity contribution is -0.123. The molecular weight excluding hydrogens is 423 g/mol. The first-order valence-corrected chi connectivity index (χ1v) is 11.5. The summed E-state index contributed by atoms with van der Waals surface area (Å²) < 4.78 is 45.8. The minimum absolute atomic E-state index is 0.0166. The van der Waals surface area contributed by atoms with Crippen molar-refractivity contribution in [2.24, 2.45) is 5.92 Å². The standard InChI is InChI=1S/C22H25FN2O5S/c1-15-11-13-25(14-12-15)31(28,29)18-9-7-17(8-10-18)22(27)30-16(2)21(26)24-20-6-4-3-5-19(20)23/h3-10,15-16H,11-14H2,1-2H3,(H,24,26). The monoisotopic (exact) mass is 448 g/mol. The lowest BCUT2D eigenvalue weighted by Crippen LogP contribution is -2.37. The van der Waals surface area contributed by atoms with E-state index in [9.17, 15) is 22.4 Å². The predicted molar refractivity (Wildman–Crippen MR) is 114 cm³/mol. The molecule has 31 heavy (non-hydrogen) atoms. The number of para-hydroxylation sites is 1. The molecule has 1 saturated heterocycles. The molecule has 2 aromatic rings. The number of benzene rings is 2. The number of anilines is 1. The second-order valence-corrected chi connectivity index (χ2v) is 9.57. The van der Waals surface area contributed by atoms with E-state index in [1.807, 2.05) is 0 Å². The number of esters is 1. The Balaban J connectivity index is 1.62. The number of nitrogens with one attached hydrogen (secondary N) is 1. The van der Waals surface area contributed by atoms with Crippen LogP contribution in [0.4, 0.5) is 10.1 Å². The molecule has 0 aliphatic carbocycles. The smallest absolute Gasteiger partial charge is 0.338 e. The summed E-state index contributed by atoms with van der Waals surface area (Å²) in [5, 5.41) is 2.36. The van der Waals surface area contributed by atoms with Crippen LogP contribution in [0.15, 0.2) is 53.4 Å². The quantitative estimate of drug-likeness (QED) is 0.684. The molecule has 9 heteroatoms. The molecule has 1 heterocycles. The summed E-state index contributed by atoms with van der Waals surface area (Å²) in [6, 6.07) is 11.1. The topological polar surface area (TPSA) is 92.8 Å². The molecule has 2 aromatic carbocycles. The molecule has 0 saturated carbocycles. The van der Waals surface area contributed by atoms with Gasteiger partial charge in [-0.05, 0) is 62.1 Å². The van der Waals surface area contributed by atoms with E-state index in [0.717, 1.165) is 12.8 Å². The summed E-state index contributed by atoms with van der Waals surface area (Å²) in [5.41, 5.74) is 0.0915. The summed E-state index contributed by atoms with van der Waals surface area (Å²) >= 11 is 0. The molecule has 3 rings (SSSR count). The van der Waals surface area contributed by atoms with Crippen LogP contribution in [0, 0.1) is 11.7 Å². The lowest BCUT2D eigenvalue weighted by atomic mass is 10.0. The predicted octanol–water partition coefficient (Wildman–Crippen LogP) is 3.43. The zero-order valence-electron chi connectivity index (χ0n) is 17.4. The number of halogens is 1. The Kier molecular flexibility index (Phi) is 7.07. The number of carbonyl (C=O) groups excluding carboxylic acids is 2. The van der Waals surface area contributed by atoms with Crippen LogP contribution in [-0.2, 0) is 19.6 Å². The molecule has 1 amide bonds. The van der Waals surface area contributed by atoms with Crippen molar-refractivity contribution in [3.05, 3.63) is 59.9 Å². The van der Waals surface area contributed by atoms with Gasteiger partial charge < -0.3 is 10.1 Å². The Bertz CT molecular complexity index is 1050. The van der Waals surface area contributed by atoms with Crippen LogP contribution >= 0.6 is 0 Å². The summed E-state index contributed by atoms with van der Waals surface area (Å²) in [6.45, 7) is 4.41. The maximum atomic E-state index is 13.7. The third-order valence-electron chi connectivity index (χ3n) is 5.26. The summed E-state index contributed by atoms with van der Waals surface area (Å²) in [4.78, 5) is 24.6. The average Bonchev–Trinajstić information content (AvgIpc) is 2.75. The van der Waals surface area contributed by atoms with E-state index in [2.05, 4.69) is 12.2 Å².